The second-order valence-corrected chi connectivity index (χ2v) is 3.58. The molecule has 2 nitrogen and oxygen atoms in total. The van der Waals surface area contributed by atoms with Gasteiger partial charge in [-0.25, -0.2) is 0 Å². The third-order valence-corrected chi connectivity index (χ3v) is 2.59. The standard InChI is InChI=1S/C13H14O2/c1-9(14)10-7-8-13(15-2)12-6-4-3-5-11(10)12/h3-9,14H,1-2H3/t9-/m0/s1. The van der Waals surface area contributed by atoms with Gasteiger partial charge in [-0.2, -0.15) is 0 Å². The Bertz CT molecular complexity index is 475. The zero-order valence-electron chi connectivity index (χ0n) is 8.90. The molecule has 2 aromatic rings. The molecule has 0 aliphatic rings. The van der Waals surface area contributed by atoms with E-state index in [1.165, 1.54) is 0 Å². The van der Waals surface area contributed by atoms with Crippen LogP contribution in [0.25, 0.3) is 10.8 Å². The average molecular weight is 202 g/mol. The van der Waals surface area contributed by atoms with Crippen LogP contribution in [0.1, 0.15) is 18.6 Å². The molecule has 0 bridgehead atoms. The lowest BCUT2D eigenvalue weighted by atomic mass is 10.0. The lowest BCUT2D eigenvalue weighted by molar-refractivity contribution is 0.201. The minimum atomic E-state index is -0.458. The maximum absolute atomic E-state index is 9.64. The summed E-state index contributed by atoms with van der Waals surface area (Å²) in [6.07, 6.45) is -0.458. The number of aliphatic hydroxyl groups is 1. The summed E-state index contributed by atoms with van der Waals surface area (Å²) in [4.78, 5) is 0. The highest BCUT2D eigenvalue weighted by Crippen LogP contribution is 2.31. The van der Waals surface area contributed by atoms with Gasteiger partial charge in [0.2, 0.25) is 0 Å². The van der Waals surface area contributed by atoms with Crippen LogP contribution in [0.2, 0.25) is 0 Å². The number of ether oxygens (including phenoxy) is 1. The molecule has 0 amide bonds. The van der Waals surface area contributed by atoms with Crippen molar-refractivity contribution < 1.29 is 9.84 Å². The predicted octanol–water partition coefficient (Wildman–Crippen LogP) is 2.90. The molecule has 0 fully saturated rings. The van der Waals surface area contributed by atoms with E-state index >= 15 is 0 Å². The summed E-state index contributed by atoms with van der Waals surface area (Å²) in [5.74, 6) is 0.843. The highest BCUT2D eigenvalue weighted by atomic mass is 16.5. The first-order chi connectivity index (χ1) is 7.24. The summed E-state index contributed by atoms with van der Waals surface area (Å²) in [6, 6.07) is 11.7. The minimum Gasteiger partial charge on any atom is -0.496 e. The number of fused-ring (bicyclic) bond motifs is 1. The van der Waals surface area contributed by atoms with Gasteiger partial charge in [0.1, 0.15) is 5.75 Å². The van der Waals surface area contributed by atoms with Crippen molar-refractivity contribution in [2.75, 3.05) is 7.11 Å². The Morgan fingerprint density at radius 2 is 1.73 bits per heavy atom. The van der Waals surface area contributed by atoms with Crippen LogP contribution in [0.4, 0.5) is 0 Å². The second kappa shape index (κ2) is 3.91. The zero-order valence-corrected chi connectivity index (χ0v) is 8.90. The van der Waals surface area contributed by atoms with E-state index in [1.54, 1.807) is 14.0 Å². The SMILES string of the molecule is COc1ccc([C@H](C)O)c2ccccc12. The lowest BCUT2D eigenvalue weighted by Gasteiger charge is -2.11. The number of hydrogen-bond acceptors (Lipinski definition) is 2. The highest BCUT2D eigenvalue weighted by molar-refractivity contribution is 5.91. The van der Waals surface area contributed by atoms with Crippen molar-refractivity contribution in [1.82, 2.24) is 0 Å². The van der Waals surface area contributed by atoms with Crippen LogP contribution in [0, 0.1) is 0 Å². The smallest absolute Gasteiger partial charge is 0.126 e. The van der Waals surface area contributed by atoms with E-state index in [4.69, 9.17) is 4.74 Å². The Morgan fingerprint density at radius 3 is 2.33 bits per heavy atom. The van der Waals surface area contributed by atoms with Crippen LogP contribution in [0.15, 0.2) is 36.4 Å². The quantitative estimate of drug-likeness (QED) is 0.811. The number of benzene rings is 2. The molecule has 2 rings (SSSR count). The molecule has 2 heteroatoms. The van der Waals surface area contributed by atoms with Gasteiger partial charge in [-0.05, 0) is 23.9 Å². The molecule has 1 atom stereocenters. The Kier molecular flexibility index (Phi) is 2.60. The highest BCUT2D eigenvalue weighted by Gasteiger charge is 2.08. The van der Waals surface area contributed by atoms with Crippen LogP contribution in [0.5, 0.6) is 5.75 Å². The summed E-state index contributed by atoms with van der Waals surface area (Å²) in [5.41, 5.74) is 0.936. The Labute approximate surface area is 89.1 Å². The molecule has 0 aliphatic carbocycles. The van der Waals surface area contributed by atoms with E-state index in [0.717, 1.165) is 22.1 Å². The van der Waals surface area contributed by atoms with Gasteiger partial charge in [-0.1, -0.05) is 30.3 Å². The van der Waals surface area contributed by atoms with Gasteiger partial charge in [-0.3, -0.25) is 0 Å². The summed E-state index contributed by atoms with van der Waals surface area (Å²) in [7, 11) is 1.66. The molecule has 15 heavy (non-hydrogen) atoms. The molecule has 0 radical (unpaired) electrons. The number of rotatable bonds is 2. The monoisotopic (exact) mass is 202 g/mol. The van der Waals surface area contributed by atoms with E-state index in [0.29, 0.717) is 0 Å². The van der Waals surface area contributed by atoms with Crippen LogP contribution < -0.4 is 4.74 Å². The van der Waals surface area contributed by atoms with Gasteiger partial charge in [0.25, 0.3) is 0 Å². The van der Waals surface area contributed by atoms with Gasteiger partial charge < -0.3 is 9.84 Å². The largest absolute Gasteiger partial charge is 0.496 e. The van der Waals surface area contributed by atoms with Crippen molar-refractivity contribution in [3.8, 4) is 5.75 Å². The molecule has 0 aromatic heterocycles. The van der Waals surface area contributed by atoms with Gasteiger partial charge in [0.05, 0.1) is 13.2 Å². The predicted molar refractivity (Wildman–Crippen MR) is 61.1 cm³/mol. The molecule has 0 saturated heterocycles. The van der Waals surface area contributed by atoms with E-state index in [9.17, 15) is 5.11 Å². The lowest BCUT2D eigenvalue weighted by Crippen LogP contribution is -1.94. The minimum absolute atomic E-state index is 0.458. The fourth-order valence-corrected chi connectivity index (χ4v) is 1.84. The van der Waals surface area contributed by atoms with Crippen LogP contribution in [-0.2, 0) is 0 Å². The van der Waals surface area contributed by atoms with Gasteiger partial charge in [0.15, 0.2) is 0 Å². The van der Waals surface area contributed by atoms with Crippen molar-refractivity contribution in [2.45, 2.75) is 13.0 Å². The Morgan fingerprint density at radius 1 is 1.07 bits per heavy atom. The van der Waals surface area contributed by atoms with E-state index in [-0.39, 0.29) is 0 Å². The fourth-order valence-electron chi connectivity index (χ4n) is 1.84. The number of aliphatic hydroxyl groups excluding tert-OH is 1. The van der Waals surface area contributed by atoms with Crippen molar-refractivity contribution in [3.63, 3.8) is 0 Å². The van der Waals surface area contributed by atoms with E-state index < -0.39 is 6.10 Å². The zero-order chi connectivity index (χ0) is 10.8. The fraction of sp³-hybridized carbons (Fsp3) is 0.231. The van der Waals surface area contributed by atoms with Crippen LogP contribution in [0.3, 0.4) is 0 Å². The molecule has 0 saturated carbocycles. The average Bonchev–Trinajstić information content (AvgIpc) is 2.27. The molecule has 2 aromatic carbocycles. The normalized spacial score (nSPS) is 12.7. The molecular formula is C13H14O2. The Balaban J connectivity index is 2.77. The van der Waals surface area contributed by atoms with Crippen molar-refractivity contribution in [2.24, 2.45) is 0 Å². The first kappa shape index (κ1) is 9.99. The van der Waals surface area contributed by atoms with E-state index in [2.05, 4.69) is 0 Å². The maximum Gasteiger partial charge on any atom is 0.126 e. The summed E-state index contributed by atoms with van der Waals surface area (Å²) >= 11 is 0. The van der Waals surface area contributed by atoms with Gasteiger partial charge >= 0.3 is 0 Å². The molecule has 0 unspecified atom stereocenters. The molecular weight excluding hydrogens is 188 g/mol. The third kappa shape index (κ3) is 1.68. The number of hydrogen-bond donors (Lipinski definition) is 1. The first-order valence-electron chi connectivity index (χ1n) is 4.97. The summed E-state index contributed by atoms with van der Waals surface area (Å²) in [6.45, 7) is 1.77. The van der Waals surface area contributed by atoms with Crippen molar-refractivity contribution >= 4 is 10.8 Å². The van der Waals surface area contributed by atoms with Crippen LogP contribution in [-0.4, -0.2) is 12.2 Å². The molecule has 0 heterocycles. The molecule has 0 aliphatic heterocycles. The summed E-state index contributed by atoms with van der Waals surface area (Å²) < 4.78 is 5.28. The molecule has 78 valence electrons. The van der Waals surface area contributed by atoms with E-state index in [1.807, 2.05) is 36.4 Å². The Hall–Kier alpha value is -1.54. The van der Waals surface area contributed by atoms with Crippen LogP contribution >= 0.6 is 0 Å². The second-order valence-electron chi connectivity index (χ2n) is 3.58. The van der Waals surface area contributed by atoms with Crippen molar-refractivity contribution in [1.29, 1.82) is 0 Å². The number of methoxy groups -OCH3 is 1. The first-order valence-corrected chi connectivity index (χ1v) is 4.97. The van der Waals surface area contributed by atoms with Crippen molar-refractivity contribution in [3.05, 3.63) is 42.0 Å². The topological polar surface area (TPSA) is 29.5 Å². The van der Waals surface area contributed by atoms with Gasteiger partial charge in [0, 0.05) is 5.39 Å². The third-order valence-electron chi connectivity index (χ3n) is 2.59. The summed E-state index contributed by atoms with van der Waals surface area (Å²) in [5, 5.41) is 11.7. The molecule has 1 N–H and O–H groups in total. The van der Waals surface area contributed by atoms with Gasteiger partial charge in [-0.15, -0.1) is 0 Å². The maximum atomic E-state index is 9.64. The molecule has 0 spiro atoms.